The maximum atomic E-state index is 12.0. The molecule has 0 aromatic heterocycles. The van der Waals surface area contributed by atoms with Gasteiger partial charge in [-0.3, -0.25) is 9.59 Å². The normalized spacial score (nSPS) is 13.4. The molecule has 0 fully saturated rings. The first-order valence-corrected chi connectivity index (χ1v) is 6.93. The van der Waals surface area contributed by atoms with E-state index in [9.17, 15) is 9.59 Å². The van der Waals surface area contributed by atoms with E-state index >= 15 is 0 Å². The molecule has 0 aliphatic heterocycles. The van der Waals surface area contributed by atoms with Crippen molar-refractivity contribution in [1.29, 1.82) is 0 Å². The second-order valence-electron chi connectivity index (χ2n) is 6.18. The Morgan fingerprint density at radius 1 is 1.26 bits per heavy atom. The first-order chi connectivity index (χ1) is 8.66. The third kappa shape index (κ3) is 7.82. The lowest BCUT2D eigenvalue weighted by atomic mass is 9.83. The molecule has 0 heterocycles. The van der Waals surface area contributed by atoms with E-state index in [4.69, 9.17) is 10.8 Å². The van der Waals surface area contributed by atoms with Crippen molar-refractivity contribution in [2.75, 3.05) is 6.54 Å². The van der Waals surface area contributed by atoms with Gasteiger partial charge >= 0.3 is 5.97 Å². The first kappa shape index (κ1) is 17.9. The molecule has 0 aliphatic carbocycles. The zero-order valence-corrected chi connectivity index (χ0v) is 12.5. The van der Waals surface area contributed by atoms with Crippen LogP contribution in [0.4, 0.5) is 0 Å². The summed E-state index contributed by atoms with van der Waals surface area (Å²) in [6.45, 7) is 8.67. The van der Waals surface area contributed by atoms with Crippen LogP contribution >= 0.6 is 0 Å². The van der Waals surface area contributed by atoms with Crippen molar-refractivity contribution in [3.8, 4) is 0 Å². The molecule has 0 saturated heterocycles. The number of rotatable bonds is 9. The molecule has 1 unspecified atom stereocenters. The molecule has 4 N–H and O–H groups in total. The highest BCUT2D eigenvalue weighted by molar-refractivity contribution is 5.81. The van der Waals surface area contributed by atoms with Crippen molar-refractivity contribution < 1.29 is 14.7 Å². The van der Waals surface area contributed by atoms with E-state index in [2.05, 4.69) is 19.2 Å². The van der Waals surface area contributed by atoms with Gasteiger partial charge in [0.05, 0.1) is 0 Å². The van der Waals surface area contributed by atoms with Crippen LogP contribution in [0, 0.1) is 11.3 Å². The Balaban J connectivity index is 3.83. The molecule has 0 radical (unpaired) electrons. The molecule has 19 heavy (non-hydrogen) atoms. The summed E-state index contributed by atoms with van der Waals surface area (Å²) >= 11 is 0. The van der Waals surface area contributed by atoms with Crippen LogP contribution in [-0.2, 0) is 9.59 Å². The van der Waals surface area contributed by atoms with Gasteiger partial charge in [-0.15, -0.1) is 0 Å². The minimum atomic E-state index is -0.970. The Bertz CT molecular complexity index is 301. The van der Waals surface area contributed by atoms with Crippen LogP contribution in [0.1, 0.15) is 53.4 Å². The molecule has 1 atom stereocenters. The van der Waals surface area contributed by atoms with E-state index in [1.807, 2.05) is 13.8 Å². The Kier molecular flexibility index (Phi) is 7.68. The van der Waals surface area contributed by atoms with E-state index in [0.29, 0.717) is 25.3 Å². The van der Waals surface area contributed by atoms with Gasteiger partial charge in [0.25, 0.3) is 0 Å². The summed E-state index contributed by atoms with van der Waals surface area (Å²) in [4.78, 5) is 22.5. The summed E-state index contributed by atoms with van der Waals surface area (Å²) in [5.41, 5.74) is 5.04. The average Bonchev–Trinajstić information content (AvgIpc) is 2.25. The number of amides is 1. The van der Waals surface area contributed by atoms with Crippen LogP contribution in [0.2, 0.25) is 0 Å². The third-order valence-corrected chi connectivity index (χ3v) is 3.08. The fourth-order valence-electron chi connectivity index (χ4n) is 2.17. The van der Waals surface area contributed by atoms with Crippen molar-refractivity contribution in [3.05, 3.63) is 0 Å². The molecule has 0 aliphatic rings. The van der Waals surface area contributed by atoms with E-state index < -0.39 is 12.0 Å². The number of carbonyl (C=O) groups is 2. The van der Waals surface area contributed by atoms with Crippen LogP contribution in [0.3, 0.4) is 0 Å². The SMILES string of the molecule is CC(C)CC(C)(C)C(=O)NCCCCC(N)C(=O)O. The van der Waals surface area contributed by atoms with E-state index in [1.54, 1.807) is 0 Å². The zero-order chi connectivity index (χ0) is 15.1. The molecule has 0 spiro atoms. The molecule has 0 aromatic rings. The monoisotopic (exact) mass is 272 g/mol. The quantitative estimate of drug-likeness (QED) is 0.558. The van der Waals surface area contributed by atoms with Gasteiger partial charge < -0.3 is 16.2 Å². The second kappa shape index (κ2) is 8.15. The number of hydrogen-bond donors (Lipinski definition) is 3. The smallest absolute Gasteiger partial charge is 0.320 e. The predicted molar refractivity (Wildman–Crippen MR) is 75.7 cm³/mol. The van der Waals surface area contributed by atoms with Gasteiger partial charge in [-0.25, -0.2) is 0 Å². The lowest BCUT2D eigenvalue weighted by molar-refractivity contribution is -0.138. The van der Waals surface area contributed by atoms with Crippen molar-refractivity contribution in [3.63, 3.8) is 0 Å². The minimum absolute atomic E-state index is 0.0590. The largest absolute Gasteiger partial charge is 0.480 e. The lowest BCUT2D eigenvalue weighted by Crippen LogP contribution is -2.38. The Morgan fingerprint density at radius 3 is 2.32 bits per heavy atom. The number of carbonyl (C=O) groups excluding carboxylic acids is 1. The van der Waals surface area contributed by atoms with Crippen LogP contribution in [0.15, 0.2) is 0 Å². The number of carboxylic acid groups (broad SMARTS) is 1. The molecular formula is C14H28N2O3. The van der Waals surface area contributed by atoms with Crippen molar-refractivity contribution in [1.82, 2.24) is 5.32 Å². The minimum Gasteiger partial charge on any atom is -0.480 e. The number of nitrogens with two attached hydrogens (primary N) is 1. The molecular weight excluding hydrogens is 244 g/mol. The number of hydrogen-bond acceptors (Lipinski definition) is 3. The van der Waals surface area contributed by atoms with Gasteiger partial charge in [-0.1, -0.05) is 27.7 Å². The number of nitrogens with one attached hydrogen (secondary N) is 1. The van der Waals surface area contributed by atoms with Crippen molar-refractivity contribution in [2.24, 2.45) is 17.1 Å². The van der Waals surface area contributed by atoms with Gasteiger partial charge in [0.15, 0.2) is 0 Å². The van der Waals surface area contributed by atoms with Crippen molar-refractivity contribution in [2.45, 2.75) is 59.4 Å². The Hall–Kier alpha value is -1.10. The highest BCUT2D eigenvalue weighted by atomic mass is 16.4. The highest BCUT2D eigenvalue weighted by Crippen LogP contribution is 2.25. The van der Waals surface area contributed by atoms with Gasteiger partial charge in [0.1, 0.15) is 6.04 Å². The standard InChI is InChI=1S/C14H28N2O3/c1-10(2)9-14(3,4)13(19)16-8-6-5-7-11(15)12(17)18/h10-11H,5-9,15H2,1-4H3,(H,16,19)(H,17,18). The molecule has 5 nitrogen and oxygen atoms in total. The van der Waals surface area contributed by atoms with E-state index in [1.165, 1.54) is 0 Å². The maximum absolute atomic E-state index is 12.0. The van der Waals surface area contributed by atoms with E-state index in [-0.39, 0.29) is 11.3 Å². The Morgan fingerprint density at radius 2 is 1.84 bits per heavy atom. The summed E-state index contributed by atoms with van der Waals surface area (Å²) in [7, 11) is 0. The summed E-state index contributed by atoms with van der Waals surface area (Å²) < 4.78 is 0. The highest BCUT2D eigenvalue weighted by Gasteiger charge is 2.27. The third-order valence-electron chi connectivity index (χ3n) is 3.08. The number of carboxylic acids is 1. The summed E-state index contributed by atoms with van der Waals surface area (Å²) in [6, 6.07) is -0.798. The van der Waals surface area contributed by atoms with Crippen molar-refractivity contribution >= 4 is 11.9 Å². The summed E-state index contributed by atoms with van der Waals surface area (Å²) in [5, 5.41) is 11.5. The molecule has 1 amide bonds. The molecule has 112 valence electrons. The fraction of sp³-hybridized carbons (Fsp3) is 0.857. The lowest BCUT2D eigenvalue weighted by Gasteiger charge is -2.25. The Labute approximate surface area is 115 Å². The first-order valence-electron chi connectivity index (χ1n) is 6.93. The molecule has 0 aromatic carbocycles. The zero-order valence-electron chi connectivity index (χ0n) is 12.5. The van der Waals surface area contributed by atoms with Gasteiger partial charge in [-0.2, -0.15) is 0 Å². The van der Waals surface area contributed by atoms with Gasteiger partial charge in [0, 0.05) is 12.0 Å². The van der Waals surface area contributed by atoms with Crippen LogP contribution in [0.25, 0.3) is 0 Å². The summed E-state index contributed by atoms with van der Waals surface area (Å²) in [5.74, 6) is -0.430. The topological polar surface area (TPSA) is 92.4 Å². The number of aliphatic carboxylic acids is 1. The molecule has 5 heteroatoms. The average molecular weight is 272 g/mol. The second-order valence-corrected chi connectivity index (χ2v) is 6.18. The van der Waals surface area contributed by atoms with Gasteiger partial charge in [-0.05, 0) is 31.6 Å². The number of unbranched alkanes of at least 4 members (excludes halogenated alkanes) is 1. The maximum Gasteiger partial charge on any atom is 0.320 e. The predicted octanol–water partition coefficient (Wildman–Crippen LogP) is 1.76. The fourth-order valence-corrected chi connectivity index (χ4v) is 2.17. The van der Waals surface area contributed by atoms with E-state index in [0.717, 1.165) is 12.8 Å². The van der Waals surface area contributed by atoms with Crippen LogP contribution in [-0.4, -0.2) is 29.6 Å². The molecule has 0 bridgehead atoms. The van der Waals surface area contributed by atoms with Crippen LogP contribution in [0.5, 0.6) is 0 Å². The van der Waals surface area contributed by atoms with Gasteiger partial charge in [0.2, 0.25) is 5.91 Å². The summed E-state index contributed by atoms with van der Waals surface area (Å²) in [6.07, 6.45) is 2.76. The van der Waals surface area contributed by atoms with Crippen LogP contribution < -0.4 is 11.1 Å². The molecule has 0 rings (SSSR count). The molecule has 0 saturated carbocycles.